The maximum atomic E-state index is 5.28. The van der Waals surface area contributed by atoms with Crippen LogP contribution in [0.3, 0.4) is 0 Å². The summed E-state index contributed by atoms with van der Waals surface area (Å²) in [6.07, 6.45) is 1.92. The van der Waals surface area contributed by atoms with E-state index in [4.69, 9.17) is 4.74 Å². The third-order valence-corrected chi connectivity index (χ3v) is 2.37. The van der Waals surface area contributed by atoms with Crippen LogP contribution in [0.25, 0.3) is 5.65 Å². The fourth-order valence-electron chi connectivity index (χ4n) is 1.21. The van der Waals surface area contributed by atoms with Crippen LogP contribution in [-0.4, -0.2) is 21.2 Å². The van der Waals surface area contributed by atoms with E-state index in [0.717, 1.165) is 15.9 Å². The van der Waals surface area contributed by atoms with Crippen LogP contribution < -0.4 is 0 Å². The van der Waals surface area contributed by atoms with Gasteiger partial charge in [0.1, 0.15) is 6.61 Å². The quantitative estimate of drug-likeness (QED) is 0.843. The minimum atomic E-state index is 0.499. The average Bonchev–Trinajstić information content (AvgIpc) is 2.57. The lowest BCUT2D eigenvalue weighted by Crippen LogP contribution is -1.98. The smallest absolute Gasteiger partial charge is 0.163 e. The summed E-state index contributed by atoms with van der Waals surface area (Å²) in [5.74, 6) is 0.828. The third-order valence-electron chi connectivity index (χ3n) is 1.88. The molecule has 0 aliphatic carbocycles. The molecule has 0 aliphatic heterocycles. The summed E-state index contributed by atoms with van der Waals surface area (Å²) in [5.41, 5.74) is 0.828. The molecule has 2 aromatic heterocycles. The second-order valence-corrected chi connectivity index (χ2v) is 3.74. The van der Waals surface area contributed by atoms with Crippen LogP contribution in [-0.2, 0) is 11.3 Å². The van der Waals surface area contributed by atoms with Gasteiger partial charge in [-0.05, 0) is 19.1 Å². The molecule has 4 nitrogen and oxygen atoms in total. The van der Waals surface area contributed by atoms with Crippen LogP contribution in [0.2, 0.25) is 0 Å². The summed E-state index contributed by atoms with van der Waals surface area (Å²) < 4.78 is 8.20. The monoisotopic (exact) mass is 255 g/mol. The Labute approximate surface area is 90.0 Å². The van der Waals surface area contributed by atoms with E-state index >= 15 is 0 Å². The van der Waals surface area contributed by atoms with Gasteiger partial charge in [-0.25, -0.2) is 0 Å². The molecule has 0 fully saturated rings. The van der Waals surface area contributed by atoms with E-state index in [-0.39, 0.29) is 0 Å². The number of pyridine rings is 1. The average molecular weight is 256 g/mol. The molecule has 2 aromatic rings. The predicted molar refractivity (Wildman–Crippen MR) is 56.0 cm³/mol. The van der Waals surface area contributed by atoms with Crippen LogP contribution in [0.1, 0.15) is 12.7 Å². The standard InChI is InChI=1S/C9H10BrN3O/c1-2-14-6-9-12-11-8-5-7(10)3-4-13(8)9/h3-5H,2,6H2,1H3. The Morgan fingerprint density at radius 1 is 1.50 bits per heavy atom. The molecule has 5 heteroatoms. The van der Waals surface area contributed by atoms with Gasteiger partial charge < -0.3 is 4.74 Å². The number of ether oxygens (including phenoxy) is 1. The molecule has 0 radical (unpaired) electrons. The lowest BCUT2D eigenvalue weighted by atomic mass is 10.5. The summed E-state index contributed by atoms with van der Waals surface area (Å²) in [5, 5.41) is 8.08. The second-order valence-electron chi connectivity index (χ2n) is 2.83. The second kappa shape index (κ2) is 4.06. The molecule has 74 valence electrons. The van der Waals surface area contributed by atoms with E-state index in [9.17, 15) is 0 Å². The number of hydrogen-bond donors (Lipinski definition) is 0. The van der Waals surface area contributed by atoms with Crippen LogP contribution in [0.5, 0.6) is 0 Å². The van der Waals surface area contributed by atoms with Gasteiger partial charge in [-0.1, -0.05) is 15.9 Å². The maximum Gasteiger partial charge on any atom is 0.163 e. The van der Waals surface area contributed by atoms with E-state index in [2.05, 4.69) is 26.1 Å². The molecule has 0 unspecified atom stereocenters. The normalized spacial score (nSPS) is 11.0. The van der Waals surface area contributed by atoms with Crippen molar-refractivity contribution in [3.05, 3.63) is 28.6 Å². The number of hydrogen-bond acceptors (Lipinski definition) is 3. The van der Waals surface area contributed by atoms with Crippen molar-refractivity contribution in [1.29, 1.82) is 0 Å². The number of rotatable bonds is 3. The molecule has 0 atom stereocenters. The van der Waals surface area contributed by atoms with Crippen molar-refractivity contribution >= 4 is 21.6 Å². The van der Waals surface area contributed by atoms with E-state index < -0.39 is 0 Å². The zero-order valence-electron chi connectivity index (χ0n) is 7.77. The highest BCUT2D eigenvalue weighted by atomic mass is 79.9. The van der Waals surface area contributed by atoms with Crippen LogP contribution in [0.4, 0.5) is 0 Å². The highest BCUT2D eigenvalue weighted by Gasteiger charge is 2.04. The highest BCUT2D eigenvalue weighted by molar-refractivity contribution is 9.10. The Hall–Kier alpha value is -0.940. The molecule has 2 heterocycles. The zero-order valence-corrected chi connectivity index (χ0v) is 9.36. The predicted octanol–water partition coefficient (Wildman–Crippen LogP) is 2.03. The Morgan fingerprint density at radius 2 is 2.36 bits per heavy atom. The molecule has 0 aromatic carbocycles. The Balaban J connectivity index is 2.37. The summed E-state index contributed by atoms with van der Waals surface area (Å²) >= 11 is 3.38. The van der Waals surface area contributed by atoms with E-state index in [1.807, 2.05) is 29.7 Å². The Bertz CT molecular complexity index is 441. The van der Waals surface area contributed by atoms with Gasteiger partial charge in [0, 0.05) is 17.3 Å². The first kappa shape index (κ1) is 9.61. The SMILES string of the molecule is CCOCc1nnc2cc(Br)ccn12. The van der Waals surface area contributed by atoms with Gasteiger partial charge in [0.25, 0.3) is 0 Å². The summed E-state index contributed by atoms with van der Waals surface area (Å²) in [6, 6.07) is 3.87. The lowest BCUT2D eigenvalue weighted by molar-refractivity contribution is 0.127. The third kappa shape index (κ3) is 1.78. The van der Waals surface area contributed by atoms with Crippen molar-refractivity contribution in [2.75, 3.05) is 6.61 Å². The summed E-state index contributed by atoms with van der Waals surface area (Å²) in [7, 11) is 0. The van der Waals surface area contributed by atoms with Gasteiger partial charge in [-0.3, -0.25) is 4.40 Å². The highest BCUT2D eigenvalue weighted by Crippen LogP contribution is 2.12. The minimum absolute atomic E-state index is 0.499. The molecule has 0 saturated heterocycles. The largest absolute Gasteiger partial charge is 0.374 e. The number of aromatic nitrogens is 3. The zero-order chi connectivity index (χ0) is 9.97. The summed E-state index contributed by atoms with van der Waals surface area (Å²) in [4.78, 5) is 0. The first-order chi connectivity index (χ1) is 6.81. The van der Waals surface area contributed by atoms with Crippen LogP contribution >= 0.6 is 15.9 Å². The first-order valence-electron chi connectivity index (χ1n) is 4.38. The molecule has 2 rings (SSSR count). The van der Waals surface area contributed by atoms with Crippen molar-refractivity contribution < 1.29 is 4.74 Å². The number of fused-ring (bicyclic) bond motifs is 1. The maximum absolute atomic E-state index is 5.28. The summed E-state index contributed by atoms with van der Waals surface area (Å²) in [6.45, 7) is 3.14. The van der Waals surface area contributed by atoms with Crippen LogP contribution in [0, 0.1) is 0 Å². The fourth-order valence-corrected chi connectivity index (χ4v) is 1.53. The van der Waals surface area contributed by atoms with Crippen LogP contribution in [0.15, 0.2) is 22.8 Å². The Kier molecular flexibility index (Phi) is 2.79. The Morgan fingerprint density at radius 3 is 3.14 bits per heavy atom. The van der Waals surface area contributed by atoms with Gasteiger partial charge in [-0.2, -0.15) is 0 Å². The minimum Gasteiger partial charge on any atom is -0.374 e. The topological polar surface area (TPSA) is 39.4 Å². The van der Waals surface area contributed by atoms with Crippen molar-refractivity contribution in [2.24, 2.45) is 0 Å². The van der Waals surface area contributed by atoms with Gasteiger partial charge in [0.2, 0.25) is 0 Å². The van der Waals surface area contributed by atoms with E-state index in [1.165, 1.54) is 0 Å². The van der Waals surface area contributed by atoms with Gasteiger partial charge >= 0.3 is 0 Å². The molecular formula is C9H10BrN3O. The van der Waals surface area contributed by atoms with Crippen molar-refractivity contribution in [3.8, 4) is 0 Å². The molecule has 0 bridgehead atoms. The number of halogens is 1. The van der Waals surface area contributed by atoms with Gasteiger partial charge in [-0.15, -0.1) is 10.2 Å². The molecule has 0 aliphatic rings. The number of nitrogens with zero attached hydrogens (tertiary/aromatic N) is 3. The molecular weight excluding hydrogens is 246 g/mol. The van der Waals surface area contributed by atoms with Crippen molar-refractivity contribution in [2.45, 2.75) is 13.5 Å². The van der Waals surface area contributed by atoms with Crippen molar-refractivity contribution in [1.82, 2.24) is 14.6 Å². The van der Waals surface area contributed by atoms with Crippen molar-refractivity contribution in [3.63, 3.8) is 0 Å². The van der Waals surface area contributed by atoms with E-state index in [0.29, 0.717) is 13.2 Å². The molecule has 0 saturated carbocycles. The van der Waals surface area contributed by atoms with Gasteiger partial charge in [0.15, 0.2) is 11.5 Å². The molecule has 0 amide bonds. The molecule has 0 N–H and O–H groups in total. The van der Waals surface area contributed by atoms with E-state index in [1.54, 1.807) is 0 Å². The lowest BCUT2D eigenvalue weighted by Gasteiger charge is -1.99. The fraction of sp³-hybridized carbons (Fsp3) is 0.333. The van der Waals surface area contributed by atoms with Gasteiger partial charge in [0.05, 0.1) is 0 Å². The first-order valence-corrected chi connectivity index (χ1v) is 5.17. The molecule has 0 spiro atoms. The molecule has 14 heavy (non-hydrogen) atoms.